The molecular weight excluding hydrogens is 234 g/mol. The van der Waals surface area contributed by atoms with Gasteiger partial charge < -0.3 is 15.7 Å². The van der Waals surface area contributed by atoms with Gasteiger partial charge in [0.2, 0.25) is 5.91 Å². The molecule has 0 aliphatic carbocycles. The van der Waals surface area contributed by atoms with Gasteiger partial charge in [-0.05, 0) is 19.1 Å². The van der Waals surface area contributed by atoms with E-state index in [1.807, 2.05) is 6.92 Å². The Morgan fingerprint density at radius 3 is 2.83 bits per heavy atom. The van der Waals surface area contributed by atoms with E-state index in [2.05, 4.69) is 15.6 Å². The summed E-state index contributed by atoms with van der Waals surface area (Å²) in [5.74, 6) is -1.04. The molecule has 0 aliphatic rings. The van der Waals surface area contributed by atoms with E-state index in [1.165, 1.54) is 6.07 Å². The van der Waals surface area contributed by atoms with E-state index >= 15 is 0 Å². The summed E-state index contributed by atoms with van der Waals surface area (Å²) in [7, 11) is 0. The first-order valence-corrected chi connectivity index (χ1v) is 5.80. The van der Waals surface area contributed by atoms with Gasteiger partial charge in [-0.1, -0.05) is 6.07 Å². The third kappa shape index (κ3) is 4.92. The molecule has 1 rings (SSSR count). The van der Waals surface area contributed by atoms with Crippen LogP contribution >= 0.6 is 0 Å². The van der Waals surface area contributed by atoms with Gasteiger partial charge in [-0.2, -0.15) is 0 Å². The normalized spacial score (nSPS) is 10.1. The predicted octanol–water partition coefficient (Wildman–Crippen LogP) is 0.396. The van der Waals surface area contributed by atoms with Gasteiger partial charge in [-0.15, -0.1) is 0 Å². The molecule has 1 amide bonds. The lowest BCUT2D eigenvalue weighted by Crippen LogP contribution is -2.27. The van der Waals surface area contributed by atoms with Crippen LogP contribution < -0.4 is 10.6 Å². The largest absolute Gasteiger partial charge is 0.477 e. The Morgan fingerprint density at radius 2 is 2.17 bits per heavy atom. The van der Waals surface area contributed by atoms with Gasteiger partial charge in [0.05, 0.1) is 5.69 Å². The lowest BCUT2D eigenvalue weighted by atomic mass is 10.3. The zero-order valence-corrected chi connectivity index (χ0v) is 10.3. The minimum atomic E-state index is -1.04. The second-order valence-electron chi connectivity index (χ2n) is 3.70. The number of aromatic carboxylic acids is 1. The van der Waals surface area contributed by atoms with Gasteiger partial charge in [0.25, 0.3) is 0 Å². The second-order valence-corrected chi connectivity index (χ2v) is 3.70. The van der Waals surface area contributed by atoms with Crippen LogP contribution in [-0.2, 0) is 11.3 Å². The zero-order chi connectivity index (χ0) is 13.4. The molecule has 0 radical (unpaired) electrons. The summed E-state index contributed by atoms with van der Waals surface area (Å²) in [6.07, 6.45) is 0.395. The highest BCUT2D eigenvalue weighted by Crippen LogP contribution is 1.99. The molecule has 0 bridgehead atoms. The van der Waals surface area contributed by atoms with Crippen LogP contribution in [0.25, 0.3) is 0 Å². The lowest BCUT2D eigenvalue weighted by molar-refractivity contribution is -0.120. The number of nitrogens with zero attached hydrogens (tertiary/aromatic N) is 1. The maximum Gasteiger partial charge on any atom is 0.354 e. The predicted molar refractivity (Wildman–Crippen MR) is 66.2 cm³/mol. The number of pyridine rings is 1. The fourth-order valence-electron chi connectivity index (χ4n) is 1.40. The number of hydrogen-bond acceptors (Lipinski definition) is 4. The van der Waals surface area contributed by atoms with Crippen LogP contribution in [0, 0.1) is 0 Å². The Bertz CT molecular complexity index is 421. The van der Waals surface area contributed by atoms with Crippen LogP contribution in [0.15, 0.2) is 18.2 Å². The quantitative estimate of drug-likeness (QED) is 0.610. The highest BCUT2D eigenvalue weighted by molar-refractivity contribution is 5.85. The molecular formula is C12H17N3O3. The van der Waals surface area contributed by atoms with Crippen molar-refractivity contribution in [2.24, 2.45) is 0 Å². The standard InChI is InChI=1S/C12H17N3O3/c1-2-14-11(16)6-7-13-8-9-4-3-5-10(15-9)12(17)18/h3-5,13H,2,6-8H2,1H3,(H,14,16)(H,17,18). The molecule has 0 atom stereocenters. The molecule has 0 unspecified atom stereocenters. The molecule has 0 saturated carbocycles. The Kier molecular flexibility index (Phi) is 5.79. The highest BCUT2D eigenvalue weighted by atomic mass is 16.4. The number of carbonyl (C=O) groups excluding carboxylic acids is 1. The molecule has 98 valence electrons. The number of carbonyl (C=O) groups is 2. The van der Waals surface area contributed by atoms with Crippen LogP contribution in [0.3, 0.4) is 0 Å². The summed E-state index contributed by atoms with van der Waals surface area (Å²) in [6, 6.07) is 4.84. The van der Waals surface area contributed by atoms with Crippen molar-refractivity contribution in [1.29, 1.82) is 0 Å². The van der Waals surface area contributed by atoms with Gasteiger partial charge in [-0.3, -0.25) is 4.79 Å². The topological polar surface area (TPSA) is 91.3 Å². The maximum atomic E-state index is 11.2. The van der Waals surface area contributed by atoms with Gasteiger partial charge >= 0.3 is 5.97 Å². The molecule has 0 spiro atoms. The molecule has 1 heterocycles. The van der Waals surface area contributed by atoms with Crippen LogP contribution in [0.5, 0.6) is 0 Å². The van der Waals surface area contributed by atoms with Crippen LogP contribution in [0.4, 0.5) is 0 Å². The Hall–Kier alpha value is -1.95. The Labute approximate surface area is 105 Å². The average molecular weight is 251 g/mol. The fourth-order valence-corrected chi connectivity index (χ4v) is 1.40. The number of rotatable bonds is 7. The van der Waals surface area contributed by atoms with E-state index in [4.69, 9.17) is 5.11 Å². The SMILES string of the molecule is CCNC(=O)CCNCc1cccc(C(=O)O)n1. The lowest BCUT2D eigenvalue weighted by Gasteiger charge is -2.05. The summed E-state index contributed by atoms with van der Waals surface area (Å²) >= 11 is 0. The molecule has 0 fully saturated rings. The van der Waals surface area contributed by atoms with Gasteiger partial charge in [0, 0.05) is 26.1 Å². The number of amides is 1. The summed E-state index contributed by atoms with van der Waals surface area (Å²) in [4.78, 5) is 25.8. The Balaban J connectivity index is 2.33. The van der Waals surface area contributed by atoms with Gasteiger partial charge in [0.1, 0.15) is 5.69 Å². The monoisotopic (exact) mass is 251 g/mol. The number of nitrogens with one attached hydrogen (secondary N) is 2. The van der Waals surface area contributed by atoms with Gasteiger partial charge in [-0.25, -0.2) is 9.78 Å². The van der Waals surface area contributed by atoms with Crippen molar-refractivity contribution in [1.82, 2.24) is 15.6 Å². The van der Waals surface area contributed by atoms with Crippen molar-refractivity contribution in [3.05, 3.63) is 29.6 Å². The number of carboxylic acid groups (broad SMARTS) is 1. The zero-order valence-electron chi connectivity index (χ0n) is 10.3. The third-order valence-electron chi connectivity index (χ3n) is 2.23. The number of carboxylic acids is 1. The second kappa shape index (κ2) is 7.39. The van der Waals surface area contributed by atoms with Crippen molar-refractivity contribution in [2.75, 3.05) is 13.1 Å². The smallest absolute Gasteiger partial charge is 0.354 e. The van der Waals surface area contributed by atoms with Crippen molar-refractivity contribution in [3.63, 3.8) is 0 Å². The van der Waals surface area contributed by atoms with E-state index < -0.39 is 5.97 Å². The van der Waals surface area contributed by atoms with E-state index in [0.717, 1.165) is 0 Å². The van der Waals surface area contributed by atoms with Crippen LogP contribution in [0.2, 0.25) is 0 Å². The van der Waals surface area contributed by atoms with Crippen molar-refractivity contribution < 1.29 is 14.7 Å². The summed E-state index contributed by atoms with van der Waals surface area (Å²) in [6.45, 7) is 3.47. The van der Waals surface area contributed by atoms with E-state index in [-0.39, 0.29) is 11.6 Å². The molecule has 1 aromatic rings. The summed E-state index contributed by atoms with van der Waals surface area (Å²) in [5, 5.41) is 14.5. The van der Waals surface area contributed by atoms with Crippen molar-refractivity contribution in [2.45, 2.75) is 19.9 Å². The Morgan fingerprint density at radius 1 is 1.39 bits per heavy atom. The summed E-state index contributed by atoms with van der Waals surface area (Å²) < 4.78 is 0. The molecule has 6 heteroatoms. The van der Waals surface area contributed by atoms with Crippen LogP contribution in [-0.4, -0.2) is 35.1 Å². The molecule has 0 aromatic carbocycles. The third-order valence-corrected chi connectivity index (χ3v) is 2.23. The van der Waals surface area contributed by atoms with E-state index in [1.54, 1.807) is 12.1 Å². The van der Waals surface area contributed by atoms with E-state index in [0.29, 0.717) is 31.7 Å². The molecule has 18 heavy (non-hydrogen) atoms. The van der Waals surface area contributed by atoms with Gasteiger partial charge in [0.15, 0.2) is 0 Å². The molecule has 0 aliphatic heterocycles. The average Bonchev–Trinajstić information content (AvgIpc) is 2.35. The number of aromatic nitrogens is 1. The minimum absolute atomic E-state index is 0.00255. The van der Waals surface area contributed by atoms with E-state index in [9.17, 15) is 9.59 Å². The minimum Gasteiger partial charge on any atom is -0.477 e. The molecule has 3 N–H and O–H groups in total. The molecule has 6 nitrogen and oxygen atoms in total. The summed E-state index contributed by atoms with van der Waals surface area (Å²) in [5.41, 5.74) is 0.670. The number of hydrogen-bond donors (Lipinski definition) is 3. The first-order valence-electron chi connectivity index (χ1n) is 5.80. The fraction of sp³-hybridized carbons (Fsp3) is 0.417. The van der Waals surface area contributed by atoms with Crippen molar-refractivity contribution in [3.8, 4) is 0 Å². The van der Waals surface area contributed by atoms with Crippen LogP contribution in [0.1, 0.15) is 29.5 Å². The maximum absolute atomic E-state index is 11.2. The molecule has 1 aromatic heterocycles. The van der Waals surface area contributed by atoms with Crippen molar-refractivity contribution >= 4 is 11.9 Å². The highest BCUT2D eigenvalue weighted by Gasteiger charge is 2.05. The molecule has 0 saturated heterocycles. The first-order chi connectivity index (χ1) is 8.63. The first kappa shape index (κ1) is 14.1.